The minimum absolute atomic E-state index is 0.321. The standard InChI is InChI=1S/C14H20N2O5/c1-10(2)5-7-21-8-6-15-11-3-4-12(14(17)18)13(9-11)16(19)20/h3-4,9-10,15H,5-8H2,1-2H3,(H,17,18). The van der Waals surface area contributed by atoms with Gasteiger partial charge in [-0.2, -0.15) is 0 Å². The molecule has 0 bridgehead atoms. The number of rotatable bonds is 9. The SMILES string of the molecule is CC(C)CCOCCNc1ccc(C(=O)O)c([N+](=O)[O-])c1. The molecule has 0 heterocycles. The highest BCUT2D eigenvalue weighted by molar-refractivity contribution is 5.93. The second kappa shape index (κ2) is 8.21. The minimum atomic E-state index is -1.31. The summed E-state index contributed by atoms with van der Waals surface area (Å²) in [6.45, 7) is 5.90. The first-order chi connectivity index (χ1) is 9.91. The van der Waals surface area contributed by atoms with Crippen LogP contribution in [0.15, 0.2) is 18.2 Å². The predicted molar refractivity (Wildman–Crippen MR) is 78.8 cm³/mol. The van der Waals surface area contributed by atoms with Crippen LogP contribution in [0, 0.1) is 16.0 Å². The van der Waals surface area contributed by atoms with Gasteiger partial charge in [0.1, 0.15) is 5.56 Å². The summed E-state index contributed by atoms with van der Waals surface area (Å²) in [4.78, 5) is 21.0. The fraction of sp³-hybridized carbons (Fsp3) is 0.500. The molecule has 0 spiro atoms. The molecule has 0 aliphatic carbocycles. The third kappa shape index (κ3) is 5.78. The number of carboxylic acid groups (broad SMARTS) is 1. The Labute approximate surface area is 123 Å². The fourth-order valence-electron chi connectivity index (χ4n) is 1.66. The summed E-state index contributed by atoms with van der Waals surface area (Å²) < 4.78 is 5.42. The lowest BCUT2D eigenvalue weighted by molar-refractivity contribution is -0.385. The molecule has 0 saturated carbocycles. The van der Waals surface area contributed by atoms with Gasteiger partial charge >= 0.3 is 5.97 Å². The Bertz CT molecular complexity index is 502. The topological polar surface area (TPSA) is 102 Å². The number of carbonyl (C=O) groups is 1. The summed E-state index contributed by atoms with van der Waals surface area (Å²) in [6, 6.07) is 3.95. The van der Waals surface area contributed by atoms with Crippen molar-refractivity contribution in [3.63, 3.8) is 0 Å². The van der Waals surface area contributed by atoms with Crippen molar-refractivity contribution in [1.29, 1.82) is 0 Å². The first-order valence-electron chi connectivity index (χ1n) is 6.75. The second-order valence-corrected chi connectivity index (χ2v) is 5.02. The van der Waals surface area contributed by atoms with Crippen molar-refractivity contribution in [3.8, 4) is 0 Å². The molecule has 0 aromatic heterocycles. The lowest BCUT2D eigenvalue weighted by Gasteiger charge is -2.09. The number of nitro benzene ring substituents is 1. The maximum atomic E-state index is 10.9. The Kier molecular flexibility index (Phi) is 6.61. The van der Waals surface area contributed by atoms with Crippen LogP contribution < -0.4 is 5.32 Å². The molecular formula is C14H20N2O5. The van der Waals surface area contributed by atoms with E-state index in [-0.39, 0.29) is 5.56 Å². The van der Waals surface area contributed by atoms with E-state index < -0.39 is 16.6 Å². The molecule has 0 aliphatic rings. The Morgan fingerprint density at radius 3 is 2.71 bits per heavy atom. The molecule has 0 saturated heterocycles. The largest absolute Gasteiger partial charge is 0.477 e. The highest BCUT2D eigenvalue weighted by Crippen LogP contribution is 2.23. The number of nitrogens with zero attached hydrogens (tertiary/aromatic N) is 1. The molecule has 0 unspecified atom stereocenters. The van der Waals surface area contributed by atoms with Crippen molar-refractivity contribution in [3.05, 3.63) is 33.9 Å². The Hall–Kier alpha value is -2.15. The third-order valence-electron chi connectivity index (χ3n) is 2.84. The van der Waals surface area contributed by atoms with Crippen molar-refractivity contribution in [1.82, 2.24) is 0 Å². The number of nitro groups is 1. The molecule has 2 N–H and O–H groups in total. The van der Waals surface area contributed by atoms with Gasteiger partial charge in [-0.25, -0.2) is 4.79 Å². The van der Waals surface area contributed by atoms with Crippen molar-refractivity contribution >= 4 is 17.3 Å². The van der Waals surface area contributed by atoms with E-state index in [2.05, 4.69) is 19.2 Å². The molecule has 0 amide bonds. The van der Waals surface area contributed by atoms with E-state index in [1.54, 1.807) is 0 Å². The van der Waals surface area contributed by atoms with Crippen molar-refractivity contribution in [2.24, 2.45) is 5.92 Å². The van der Waals surface area contributed by atoms with E-state index in [1.807, 2.05) is 0 Å². The average molecular weight is 296 g/mol. The number of ether oxygens (including phenoxy) is 1. The minimum Gasteiger partial charge on any atom is -0.477 e. The molecule has 21 heavy (non-hydrogen) atoms. The van der Waals surface area contributed by atoms with Crippen LogP contribution in [-0.2, 0) is 4.74 Å². The Morgan fingerprint density at radius 1 is 1.43 bits per heavy atom. The summed E-state index contributed by atoms with van der Waals surface area (Å²) in [7, 11) is 0. The van der Waals surface area contributed by atoms with Gasteiger partial charge in [-0.15, -0.1) is 0 Å². The molecule has 1 aromatic rings. The summed E-state index contributed by atoms with van der Waals surface area (Å²) in [5.74, 6) is -0.727. The van der Waals surface area contributed by atoms with Gasteiger partial charge in [0.05, 0.1) is 11.5 Å². The van der Waals surface area contributed by atoms with Crippen molar-refractivity contribution in [2.45, 2.75) is 20.3 Å². The van der Waals surface area contributed by atoms with Gasteiger partial charge in [0.15, 0.2) is 0 Å². The van der Waals surface area contributed by atoms with E-state index in [0.29, 0.717) is 31.4 Å². The number of hydrogen-bond acceptors (Lipinski definition) is 5. The zero-order valence-electron chi connectivity index (χ0n) is 12.2. The summed E-state index contributed by atoms with van der Waals surface area (Å²) in [5, 5.41) is 22.7. The highest BCUT2D eigenvalue weighted by Gasteiger charge is 2.19. The van der Waals surface area contributed by atoms with Crippen LogP contribution in [0.3, 0.4) is 0 Å². The van der Waals surface area contributed by atoms with Gasteiger partial charge in [0.25, 0.3) is 5.69 Å². The van der Waals surface area contributed by atoms with Gasteiger partial charge in [0, 0.05) is 24.9 Å². The normalized spacial score (nSPS) is 10.6. The predicted octanol–water partition coefficient (Wildman–Crippen LogP) is 2.77. The number of carboxylic acids is 1. The zero-order valence-corrected chi connectivity index (χ0v) is 12.2. The molecule has 0 radical (unpaired) electrons. The van der Waals surface area contributed by atoms with Crippen LogP contribution in [0.5, 0.6) is 0 Å². The van der Waals surface area contributed by atoms with Gasteiger partial charge in [-0.3, -0.25) is 10.1 Å². The first kappa shape index (κ1) is 16.9. The molecular weight excluding hydrogens is 276 g/mol. The Morgan fingerprint density at radius 2 is 2.14 bits per heavy atom. The lowest BCUT2D eigenvalue weighted by Crippen LogP contribution is -2.11. The molecule has 1 aromatic carbocycles. The van der Waals surface area contributed by atoms with Gasteiger partial charge in [-0.05, 0) is 24.5 Å². The lowest BCUT2D eigenvalue weighted by atomic mass is 10.1. The zero-order chi connectivity index (χ0) is 15.8. The van der Waals surface area contributed by atoms with Crippen molar-refractivity contribution < 1.29 is 19.6 Å². The molecule has 7 nitrogen and oxygen atoms in total. The van der Waals surface area contributed by atoms with Gasteiger partial charge < -0.3 is 15.2 Å². The number of aromatic carboxylic acids is 1. The van der Waals surface area contributed by atoms with Crippen LogP contribution in [0.2, 0.25) is 0 Å². The number of benzene rings is 1. The first-order valence-corrected chi connectivity index (χ1v) is 6.75. The molecule has 0 aliphatic heterocycles. The van der Waals surface area contributed by atoms with Crippen molar-refractivity contribution in [2.75, 3.05) is 25.1 Å². The molecule has 116 valence electrons. The monoisotopic (exact) mass is 296 g/mol. The molecule has 0 fully saturated rings. The summed E-state index contributed by atoms with van der Waals surface area (Å²) in [6.07, 6.45) is 0.985. The van der Waals surface area contributed by atoms with E-state index in [9.17, 15) is 14.9 Å². The van der Waals surface area contributed by atoms with Crippen LogP contribution in [0.4, 0.5) is 11.4 Å². The summed E-state index contributed by atoms with van der Waals surface area (Å²) >= 11 is 0. The van der Waals surface area contributed by atoms with Gasteiger partial charge in [0.2, 0.25) is 0 Å². The maximum absolute atomic E-state index is 10.9. The molecule has 7 heteroatoms. The molecule has 1 rings (SSSR count). The van der Waals surface area contributed by atoms with Crippen LogP contribution >= 0.6 is 0 Å². The van der Waals surface area contributed by atoms with E-state index in [4.69, 9.17) is 9.84 Å². The molecule has 0 atom stereocenters. The summed E-state index contributed by atoms with van der Waals surface area (Å²) in [5.41, 5.74) is -0.244. The number of nitrogens with one attached hydrogen (secondary N) is 1. The smallest absolute Gasteiger partial charge is 0.342 e. The maximum Gasteiger partial charge on any atom is 0.342 e. The average Bonchev–Trinajstić information content (AvgIpc) is 2.41. The van der Waals surface area contributed by atoms with Gasteiger partial charge in [-0.1, -0.05) is 13.8 Å². The third-order valence-corrected chi connectivity index (χ3v) is 2.84. The number of anilines is 1. The van der Waals surface area contributed by atoms with Crippen LogP contribution in [0.1, 0.15) is 30.6 Å². The van der Waals surface area contributed by atoms with Crippen LogP contribution in [-0.4, -0.2) is 35.8 Å². The fourth-order valence-corrected chi connectivity index (χ4v) is 1.66. The van der Waals surface area contributed by atoms with E-state index >= 15 is 0 Å². The van der Waals surface area contributed by atoms with E-state index in [0.717, 1.165) is 6.42 Å². The quantitative estimate of drug-likeness (QED) is 0.413. The number of hydrogen-bond donors (Lipinski definition) is 2. The highest BCUT2D eigenvalue weighted by atomic mass is 16.6. The second-order valence-electron chi connectivity index (χ2n) is 5.02. The Balaban J connectivity index is 2.51. The van der Waals surface area contributed by atoms with Crippen LogP contribution in [0.25, 0.3) is 0 Å². The van der Waals surface area contributed by atoms with E-state index in [1.165, 1.54) is 18.2 Å².